The van der Waals surface area contributed by atoms with Gasteiger partial charge in [-0.05, 0) is 40.5 Å². The fraction of sp³-hybridized carbons (Fsp3) is 0. The van der Waals surface area contributed by atoms with Crippen molar-refractivity contribution < 1.29 is 21.1 Å². The van der Waals surface area contributed by atoms with E-state index >= 15 is 0 Å². The van der Waals surface area contributed by atoms with Gasteiger partial charge in [-0.2, -0.15) is 0 Å². The Balaban J connectivity index is 0.00000169. The molecule has 120 valence electrons. The molecule has 0 aliphatic heterocycles. The largest absolute Gasteiger partial charge is 0.434 e. The van der Waals surface area contributed by atoms with Gasteiger partial charge in [0.2, 0.25) is 0 Å². The van der Waals surface area contributed by atoms with Crippen molar-refractivity contribution in [2.45, 2.75) is 0 Å². The molecule has 0 atom stereocenters. The SMILES string of the molecule is [Pt].c1ccc(-c2nc(-c3ccccn3)[n-]c2-c2ccccc2)cc1. The fourth-order valence-corrected chi connectivity index (χ4v) is 2.55. The molecule has 0 bridgehead atoms. The van der Waals surface area contributed by atoms with Crippen molar-refractivity contribution in [2.24, 2.45) is 0 Å². The maximum atomic E-state index is 4.75. The van der Waals surface area contributed by atoms with Crippen LogP contribution in [-0.2, 0) is 21.1 Å². The van der Waals surface area contributed by atoms with Gasteiger partial charge < -0.3 is 9.97 Å². The second-order valence-corrected chi connectivity index (χ2v) is 5.19. The first-order valence-corrected chi connectivity index (χ1v) is 7.49. The number of hydrogen-bond donors (Lipinski definition) is 0. The topological polar surface area (TPSA) is 39.9 Å². The number of benzene rings is 2. The molecule has 4 aromatic rings. The van der Waals surface area contributed by atoms with Crippen molar-refractivity contribution in [3.05, 3.63) is 85.1 Å². The van der Waals surface area contributed by atoms with Crippen LogP contribution in [-0.4, -0.2) is 9.97 Å². The summed E-state index contributed by atoms with van der Waals surface area (Å²) in [6.45, 7) is 0. The van der Waals surface area contributed by atoms with Gasteiger partial charge in [-0.3, -0.25) is 4.98 Å². The van der Waals surface area contributed by atoms with Crippen molar-refractivity contribution in [3.63, 3.8) is 0 Å². The van der Waals surface area contributed by atoms with E-state index < -0.39 is 0 Å². The van der Waals surface area contributed by atoms with Crippen LogP contribution < -0.4 is 4.98 Å². The van der Waals surface area contributed by atoms with Gasteiger partial charge in [-0.25, -0.2) is 0 Å². The number of nitrogens with zero attached hydrogens (tertiary/aromatic N) is 3. The zero-order valence-corrected chi connectivity index (χ0v) is 15.0. The van der Waals surface area contributed by atoms with E-state index in [9.17, 15) is 0 Å². The number of imidazole rings is 1. The quantitative estimate of drug-likeness (QED) is 0.426. The first-order chi connectivity index (χ1) is 11.4. The third kappa shape index (κ3) is 3.22. The molecule has 0 saturated heterocycles. The van der Waals surface area contributed by atoms with Crippen molar-refractivity contribution in [2.75, 3.05) is 0 Å². The van der Waals surface area contributed by atoms with Gasteiger partial charge in [0.05, 0.1) is 5.69 Å². The monoisotopic (exact) mass is 491 g/mol. The third-order valence-corrected chi connectivity index (χ3v) is 3.65. The molecule has 4 heteroatoms. The van der Waals surface area contributed by atoms with Gasteiger partial charge in [0, 0.05) is 27.3 Å². The summed E-state index contributed by atoms with van der Waals surface area (Å²) in [7, 11) is 0. The van der Waals surface area contributed by atoms with Gasteiger partial charge in [0.25, 0.3) is 0 Å². The summed E-state index contributed by atoms with van der Waals surface area (Å²) in [6, 6.07) is 26.0. The molecular weight excluding hydrogens is 477 g/mol. The molecule has 0 radical (unpaired) electrons. The fourth-order valence-electron chi connectivity index (χ4n) is 2.55. The Hall–Kier alpha value is -2.51. The van der Waals surface area contributed by atoms with Crippen LogP contribution in [0.3, 0.4) is 0 Å². The molecule has 0 fully saturated rings. The van der Waals surface area contributed by atoms with Gasteiger partial charge in [-0.15, -0.1) is 0 Å². The van der Waals surface area contributed by atoms with Crippen molar-refractivity contribution in [3.8, 4) is 34.0 Å². The summed E-state index contributed by atoms with van der Waals surface area (Å²) in [5.41, 5.74) is 4.67. The molecule has 0 spiro atoms. The van der Waals surface area contributed by atoms with Crippen LogP contribution >= 0.6 is 0 Å². The van der Waals surface area contributed by atoms with E-state index in [4.69, 9.17) is 9.97 Å². The normalized spacial score (nSPS) is 10.2. The molecule has 4 rings (SSSR count). The smallest absolute Gasteiger partial charge is 0.0620 e. The van der Waals surface area contributed by atoms with Crippen LogP contribution in [0.25, 0.3) is 34.0 Å². The van der Waals surface area contributed by atoms with E-state index in [0.717, 1.165) is 28.2 Å². The predicted molar refractivity (Wildman–Crippen MR) is 91.7 cm³/mol. The van der Waals surface area contributed by atoms with Crippen LogP contribution in [0.4, 0.5) is 0 Å². The average molecular weight is 491 g/mol. The summed E-state index contributed by atoms with van der Waals surface area (Å²) in [6.07, 6.45) is 1.76. The van der Waals surface area contributed by atoms with E-state index in [1.165, 1.54) is 0 Å². The zero-order chi connectivity index (χ0) is 15.5. The molecule has 0 amide bonds. The second-order valence-electron chi connectivity index (χ2n) is 5.19. The van der Waals surface area contributed by atoms with E-state index in [0.29, 0.717) is 5.82 Å². The maximum absolute atomic E-state index is 4.75. The van der Waals surface area contributed by atoms with Crippen LogP contribution in [0.1, 0.15) is 0 Å². The summed E-state index contributed by atoms with van der Waals surface area (Å²) < 4.78 is 0. The number of pyridine rings is 1. The number of aromatic nitrogens is 3. The van der Waals surface area contributed by atoms with E-state index in [-0.39, 0.29) is 21.1 Å². The molecular formula is C20H14N3Pt-. The Morgan fingerprint density at radius 1 is 0.667 bits per heavy atom. The molecule has 2 aromatic carbocycles. The predicted octanol–water partition coefficient (Wildman–Crippen LogP) is 4.43. The van der Waals surface area contributed by atoms with Crippen molar-refractivity contribution in [1.29, 1.82) is 0 Å². The number of rotatable bonds is 3. The molecule has 2 aromatic heterocycles. The van der Waals surface area contributed by atoms with Crippen LogP contribution in [0.2, 0.25) is 0 Å². The maximum Gasteiger partial charge on any atom is 0.0620 e. The molecule has 0 unspecified atom stereocenters. The molecule has 0 aliphatic rings. The third-order valence-electron chi connectivity index (χ3n) is 3.65. The molecule has 2 heterocycles. The Morgan fingerprint density at radius 3 is 1.92 bits per heavy atom. The van der Waals surface area contributed by atoms with Crippen LogP contribution in [0, 0.1) is 0 Å². The molecule has 3 nitrogen and oxygen atoms in total. The minimum absolute atomic E-state index is 0. The summed E-state index contributed by atoms with van der Waals surface area (Å²) >= 11 is 0. The second kappa shape index (κ2) is 7.37. The Kier molecular flexibility index (Phi) is 5.02. The van der Waals surface area contributed by atoms with Gasteiger partial charge in [-0.1, -0.05) is 66.7 Å². The molecule has 0 aliphatic carbocycles. The van der Waals surface area contributed by atoms with Gasteiger partial charge in [0.15, 0.2) is 0 Å². The van der Waals surface area contributed by atoms with Crippen molar-refractivity contribution >= 4 is 0 Å². The zero-order valence-electron chi connectivity index (χ0n) is 12.7. The molecule has 0 saturated carbocycles. The van der Waals surface area contributed by atoms with Crippen LogP contribution in [0.15, 0.2) is 85.1 Å². The van der Waals surface area contributed by atoms with Gasteiger partial charge >= 0.3 is 0 Å². The molecule has 24 heavy (non-hydrogen) atoms. The average Bonchev–Trinajstić information content (AvgIpc) is 3.09. The minimum Gasteiger partial charge on any atom is -0.434 e. The summed E-state index contributed by atoms with van der Waals surface area (Å²) in [5.74, 6) is 0.656. The minimum atomic E-state index is 0. The summed E-state index contributed by atoms with van der Waals surface area (Å²) in [4.78, 5) is 13.9. The van der Waals surface area contributed by atoms with E-state index in [2.05, 4.69) is 29.2 Å². The van der Waals surface area contributed by atoms with E-state index in [1.54, 1.807) is 6.20 Å². The Bertz CT molecular complexity index is 847. The standard InChI is InChI=1S/C20H14N3.Pt/c1-3-9-15(10-4-1)18-19(16-11-5-2-6-12-16)23-20(22-18)17-13-7-8-14-21-17;/h1-14H;/q-1;. The molecule has 0 N–H and O–H groups in total. The van der Waals surface area contributed by atoms with Crippen molar-refractivity contribution in [1.82, 2.24) is 15.0 Å². The Labute approximate surface area is 155 Å². The Morgan fingerprint density at radius 2 is 1.29 bits per heavy atom. The number of hydrogen-bond acceptors (Lipinski definition) is 2. The van der Waals surface area contributed by atoms with E-state index in [1.807, 2.05) is 54.6 Å². The van der Waals surface area contributed by atoms with Gasteiger partial charge in [0.1, 0.15) is 0 Å². The first-order valence-electron chi connectivity index (χ1n) is 7.49. The summed E-state index contributed by atoms with van der Waals surface area (Å²) in [5, 5.41) is 0. The first kappa shape index (κ1) is 16.3. The van der Waals surface area contributed by atoms with Crippen LogP contribution in [0.5, 0.6) is 0 Å².